The highest BCUT2D eigenvalue weighted by molar-refractivity contribution is 9.10. The lowest BCUT2D eigenvalue weighted by molar-refractivity contribution is 0.490. The number of thiazole rings is 1. The van der Waals surface area contributed by atoms with Crippen LogP contribution in [0.15, 0.2) is 22.7 Å². The number of halogens is 2. The van der Waals surface area contributed by atoms with E-state index in [0.717, 1.165) is 26.5 Å². The van der Waals surface area contributed by atoms with E-state index in [1.807, 2.05) is 19.2 Å². The van der Waals surface area contributed by atoms with Crippen molar-refractivity contribution >= 4 is 38.9 Å². The topological polar surface area (TPSA) is 24.9 Å². The van der Waals surface area contributed by atoms with Crippen LogP contribution in [0.5, 0.6) is 0 Å². The van der Waals surface area contributed by atoms with Gasteiger partial charge >= 0.3 is 0 Å². The van der Waals surface area contributed by atoms with Crippen molar-refractivity contribution in [1.82, 2.24) is 10.3 Å². The van der Waals surface area contributed by atoms with Crippen LogP contribution in [0.4, 0.5) is 0 Å². The molecule has 0 fully saturated rings. The molecule has 1 aliphatic carbocycles. The number of benzene rings is 1. The van der Waals surface area contributed by atoms with E-state index in [0.29, 0.717) is 6.04 Å². The van der Waals surface area contributed by atoms with E-state index < -0.39 is 0 Å². The maximum atomic E-state index is 6.16. The van der Waals surface area contributed by atoms with Crippen LogP contribution in [0.1, 0.15) is 29.5 Å². The van der Waals surface area contributed by atoms with Gasteiger partial charge in [-0.25, -0.2) is 4.98 Å². The summed E-state index contributed by atoms with van der Waals surface area (Å²) in [5.41, 5.74) is 2.33. The first-order valence-corrected chi connectivity index (χ1v) is 8.30. The summed E-state index contributed by atoms with van der Waals surface area (Å²) < 4.78 is 0.923. The second-order valence-electron chi connectivity index (χ2n) is 4.69. The number of aryl methyl sites for hydroxylation is 1. The van der Waals surface area contributed by atoms with Gasteiger partial charge in [0.2, 0.25) is 0 Å². The van der Waals surface area contributed by atoms with Gasteiger partial charge in [-0.3, -0.25) is 0 Å². The molecule has 0 aliphatic heterocycles. The van der Waals surface area contributed by atoms with Gasteiger partial charge in [0.1, 0.15) is 5.01 Å². The molecule has 0 saturated heterocycles. The summed E-state index contributed by atoms with van der Waals surface area (Å²) in [7, 11) is 2.01. The highest BCUT2D eigenvalue weighted by atomic mass is 79.9. The lowest BCUT2D eigenvalue weighted by atomic mass is 9.98. The molecule has 19 heavy (non-hydrogen) atoms. The van der Waals surface area contributed by atoms with E-state index in [4.69, 9.17) is 16.6 Å². The third kappa shape index (κ3) is 2.59. The Morgan fingerprint density at radius 3 is 3.05 bits per heavy atom. The maximum Gasteiger partial charge on any atom is 0.123 e. The largest absolute Gasteiger partial charge is 0.312 e. The molecule has 0 spiro atoms. The van der Waals surface area contributed by atoms with Crippen LogP contribution >= 0.6 is 38.9 Å². The number of nitrogens with one attached hydrogen (secondary N) is 1. The zero-order chi connectivity index (χ0) is 13.4. The first-order chi connectivity index (χ1) is 9.19. The Bertz CT molecular complexity index is 611. The molecule has 1 aromatic heterocycles. The minimum atomic E-state index is 0.402. The van der Waals surface area contributed by atoms with E-state index in [1.165, 1.54) is 23.4 Å². The van der Waals surface area contributed by atoms with Crippen LogP contribution < -0.4 is 5.32 Å². The molecule has 0 radical (unpaired) electrons. The van der Waals surface area contributed by atoms with Crippen LogP contribution in [-0.4, -0.2) is 12.0 Å². The predicted octanol–water partition coefficient (Wildman–Crippen LogP) is 4.82. The van der Waals surface area contributed by atoms with Crippen LogP contribution in [0.3, 0.4) is 0 Å². The zero-order valence-corrected chi connectivity index (χ0v) is 13.7. The van der Waals surface area contributed by atoms with Crippen LogP contribution in [0, 0.1) is 0 Å². The summed E-state index contributed by atoms with van der Waals surface area (Å²) >= 11 is 11.4. The molecule has 1 aliphatic rings. The Labute approximate surface area is 130 Å². The number of nitrogens with zero attached hydrogens (tertiary/aromatic N) is 1. The number of hydrogen-bond acceptors (Lipinski definition) is 3. The average Bonchev–Trinajstić information content (AvgIpc) is 2.85. The lowest BCUT2D eigenvalue weighted by Gasteiger charge is -2.19. The number of fused-ring (bicyclic) bond motifs is 1. The molecule has 2 aromatic rings. The van der Waals surface area contributed by atoms with Crippen molar-refractivity contribution in [3.63, 3.8) is 0 Å². The first-order valence-electron chi connectivity index (χ1n) is 6.31. The molecule has 3 rings (SSSR count). The van der Waals surface area contributed by atoms with Gasteiger partial charge in [-0.1, -0.05) is 17.7 Å². The van der Waals surface area contributed by atoms with Gasteiger partial charge in [0, 0.05) is 14.9 Å². The Kier molecular flexibility index (Phi) is 3.94. The SMILES string of the molecule is CNC1CCCc2sc(-c3ccc(Br)c(Cl)c3)nc21. The van der Waals surface area contributed by atoms with Gasteiger partial charge < -0.3 is 5.32 Å². The van der Waals surface area contributed by atoms with Crippen molar-refractivity contribution in [2.75, 3.05) is 7.05 Å². The smallest absolute Gasteiger partial charge is 0.123 e. The summed E-state index contributed by atoms with van der Waals surface area (Å²) in [5.74, 6) is 0. The third-order valence-corrected chi connectivity index (χ3v) is 5.88. The highest BCUT2D eigenvalue weighted by Gasteiger charge is 2.23. The van der Waals surface area contributed by atoms with Crippen molar-refractivity contribution in [3.8, 4) is 10.6 Å². The summed E-state index contributed by atoms with van der Waals surface area (Å²) in [6.07, 6.45) is 3.56. The standard InChI is InChI=1S/C14H14BrClN2S/c1-17-11-3-2-4-12-13(11)18-14(19-12)8-5-6-9(15)10(16)7-8/h5-7,11,17H,2-4H2,1H3. The first kappa shape index (κ1) is 13.6. The van der Waals surface area contributed by atoms with Gasteiger partial charge in [0.05, 0.1) is 16.8 Å². The molecule has 1 aromatic carbocycles. The third-order valence-electron chi connectivity index (χ3n) is 3.47. The normalized spacial score (nSPS) is 18.4. The monoisotopic (exact) mass is 356 g/mol. The van der Waals surface area contributed by atoms with Crippen molar-refractivity contribution in [3.05, 3.63) is 38.3 Å². The summed E-state index contributed by atoms with van der Waals surface area (Å²) in [4.78, 5) is 6.24. The second kappa shape index (κ2) is 5.52. The molecule has 0 saturated carbocycles. The fourth-order valence-corrected chi connectivity index (χ4v) is 4.04. The predicted molar refractivity (Wildman–Crippen MR) is 85.0 cm³/mol. The van der Waals surface area contributed by atoms with E-state index in [-0.39, 0.29) is 0 Å². The molecular weight excluding hydrogens is 344 g/mol. The molecule has 100 valence electrons. The molecule has 1 atom stereocenters. The molecule has 2 nitrogen and oxygen atoms in total. The number of hydrogen-bond donors (Lipinski definition) is 1. The Hall–Kier alpha value is -0.420. The van der Waals surface area contributed by atoms with Crippen molar-refractivity contribution in [2.45, 2.75) is 25.3 Å². The van der Waals surface area contributed by atoms with E-state index >= 15 is 0 Å². The fourth-order valence-electron chi connectivity index (χ4n) is 2.45. The second-order valence-corrected chi connectivity index (χ2v) is 7.03. The number of rotatable bonds is 2. The van der Waals surface area contributed by atoms with Gasteiger partial charge in [-0.2, -0.15) is 0 Å². The van der Waals surface area contributed by atoms with Gasteiger partial charge in [-0.15, -0.1) is 11.3 Å². The Balaban J connectivity index is 2.02. The minimum Gasteiger partial charge on any atom is -0.312 e. The Morgan fingerprint density at radius 2 is 2.32 bits per heavy atom. The molecule has 0 amide bonds. The molecule has 1 N–H and O–H groups in total. The highest BCUT2D eigenvalue weighted by Crippen LogP contribution is 2.38. The van der Waals surface area contributed by atoms with Gasteiger partial charge in [0.25, 0.3) is 0 Å². The van der Waals surface area contributed by atoms with Crippen LogP contribution in [-0.2, 0) is 6.42 Å². The van der Waals surface area contributed by atoms with Crippen LogP contribution in [0.2, 0.25) is 5.02 Å². The van der Waals surface area contributed by atoms with E-state index in [1.54, 1.807) is 11.3 Å². The molecule has 5 heteroatoms. The summed E-state index contributed by atoms with van der Waals surface area (Å²) in [6, 6.07) is 6.42. The molecule has 1 unspecified atom stereocenters. The fraction of sp³-hybridized carbons (Fsp3) is 0.357. The maximum absolute atomic E-state index is 6.16. The summed E-state index contributed by atoms with van der Waals surface area (Å²) in [5, 5.41) is 5.16. The van der Waals surface area contributed by atoms with Gasteiger partial charge in [-0.05, 0) is 54.4 Å². The number of aromatic nitrogens is 1. The van der Waals surface area contributed by atoms with E-state index in [2.05, 4.69) is 27.3 Å². The quantitative estimate of drug-likeness (QED) is 0.833. The Morgan fingerprint density at radius 1 is 1.47 bits per heavy atom. The minimum absolute atomic E-state index is 0.402. The molecule has 0 bridgehead atoms. The van der Waals surface area contributed by atoms with E-state index in [9.17, 15) is 0 Å². The van der Waals surface area contributed by atoms with Gasteiger partial charge in [0.15, 0.2) is 0 Å². The molecular formula is C14H14BrClN2S. The van der Waals surface area contributed by atoms with Crippen LogP contribution in [0.25, 0.3) is 10.6 Å². The zero-order valence-electron chi connectivity index (χ0n) is 10.5. The average molecular weight is 358 g/mol. The summed E-state index contributed by atoms with van der Waals surface area (Å²) in [6.45, 7) is 0. The van der Waals surface area contributed by atoms with Crippen molar-refractivity contribution in [1.29, 1.82) is 0 Å². The van der Waals surface area contributed by atoms with Crippen molar-refractivity contribution < 1.29 is 0 Å². The molecule has 1 heterocycles. The lowest BCUT2D eigenvalue weighted by Crippen LogP contribution is -2.21. The van der Waals surface area contributed by atoms with Crippen molar-refractivity contribution in [2.24, 2.45) is 0 Å².